The maximum absolute atomic E-state index is 12.9. The van der Waals surface area contributed by atoms with Crippen LogP contribution in [0.2, 0.25) is 0 Å². The molecule has 1 saturated heterocycles. The summed E-state index contributed by atoms with van der Waals surface area (Å²) in [6, 6.07) is 4.68. The fourth-order valence-electron chi connectivity index (χ4n) is 3.35. The van der Waals surface area contributed by atoms with Crippen LogP contribution in [0.25, 0.3) is 5.65 Å². The number of fused-ring (bicyclic) bond motifs is 1. The fraction of sp³-hybridized carbons (Fsp3) is 0.471. The van der Waals surface area contributed by atoms with Crippen molar-refractivity contribution in [3.63, 3.8) is 0 Å². The van der Waals surface area contributed by atoms with Gasteiger partial charge in [-0.05, 0) is 31.0 Å². The van der Waals surface area contributed by atoms with Crippen LogP contribution >= 0.6 is 0 Å². The quantitative estimate of drug-likeness (QED) is 0.678. The molecule has 1 aliphatic carbocycles. The maximum atomic E-state index is 12.9. The second-order valence-electron chi connectivity index (χ2n) is 7.01. The number of alkyl halides is 3. The van der Waals surface area contributed by atoms with Crippen LogP contribution in [0.4, 0.5) is 24.9 Å². The number of hydrogen-bond donors (Lipinski definition) is 0. The summed E-state index contributed by atoms with van der Waals surface area (Å²) in [5.41, 5.74) is -0.200. The van der Waals surface area contributed by atoms with E-state index in [0.717, 1.165) is 42.4 Å². The summed E-state index contributed by atoms with van der Waals surface area (Å²) in [6.45, 7) is 2.25. The Bertz CT molecular complexity index is 1010. The first kappa shape index (κ1) is 17.1. The summed E-state index contributed by atoms with van der Waals surface area (Å²) < 4.78 is 40.4. The molecule has 0 N–H and O–H groups in total. The van der Waals surface area contributed by atoms with Crippen LogP contribution in [0, 0.1) is 0 Å². The van der Waals surface area contributed by atoms with E-state index < -0.39 is 11.9 Å². The van der Waals surface area contributed by atoms with Gasteiger partial charge >= 0.3 is 6.18 Å². The third kappa shape index (κ3) is 3.10. The minimum absolute atomic E-state index is 0.104. The second kappa shape index (κ2) is 6.28. The molecule has 0 unspecified atom stereocenters. The van der Waals surface area contributed by atoms with Crippen LogP contribution in [0.15, 0.2) is 24.4 Å². The minimum atomic E-state index is -4.48. The predicted molar refractivity (Wildman–Crippen MR) is 94.2 cm³/mol. The van der Waals surface area contributed by atoms with Crippen molar-refractivity contribution in [2.45, 2.75) is 24.9 Å². The van der Waals surface area contributed by atoms with E-state index in [0.29, 0.717) is 32.1 Å². The van der Waals surface area contributed by atoms with Gasteiger partial charge in [-0.1, -0.05) is 0 Å². The smallest absolute Gasteiger partial charge is 0.352 e. The molecule has 0 aromatic carbocycles. The lowest BCUT2D eigenvalue weighted by Gasteiger charge is -2.35. The highest BCUT2D eigenvalue weighted by Crippen LogP contribution is 2.38. The van der Waals surface area contributed by atoms with E-state index in [-0.39, 0.29) is 5.95 Å². The Labute approximate surface area is 158 Å². The van der Waals surface area contributed by atoms with Gasteiger partial charge in [-0.25, -0.2) is 9.97 Å². The van der Waals surface area contributed by atoms with Crippen molar-refractivity contribution in [2.75, 3.05) is 36.0 Å². The molecule has 3 aromatic rings. The van der Waals surface area contributed by atoms with E-state index in [4.69, 9.17) is 0 Å². The molecule has 2 fully saturated rings. The summed E-state index contributed by atoms with van der Waals surface area (Å²) >= 11 is 0. The fourth-order valence-corrected chi connectivity index (χ4v) is 3.35. The van der Waals surface area contributed by atoms with Crippen molar-refractivity contribution in [2.24, 2.45) is 0 Å². The summed E-state index contributed by atoms with van der Waals surface area (Å²) in [6.07, 6.45) is -1.10. The number of rotatable bonds is 3. The van der Waals surface area contributed by atoms with Crippen LogP contribution in [0.3, 0.4) is 0 Å². The van der Waals surface area contributed by atoms with Gasteiger partial charge < -0.3 is 9.80 Å². The molecule has 1 saturated carbocycles. The largest absolute Gasteiger partial charge is 0.433 e. The van der Waals surface area contributed by atoms with Crippen LogP contribution in [0.1, 0.15) is 30.3 Å². The van der Waals surface area contributed by atoms with E-state index in [1.165, 1.54) is 0 Å². The zero-order valence-electron chi connectivity index (χ0n) is 14.8. The van der Waals surface area contributed by atoms with Crippen molar-refractivity contribution in [1.82, 2.24) is 29.8 Å². The lowest BCUT2D eigenvalue weighted by Crippen LogP contribution is -2.47. The molecule has 146 valence electrons. The average Bonchev–Trinajstić information content (AvgIpc) is 3.46. The monoisotopic (exact) mass is 390 g/mol. The molecule has 1 aliphatic heterocycles. The number of piperazine rings is 1. The van der Waals surface area contributed by atoms with E-state index in [1.807, 2.05) is 12.1 Å². The summed E-state index contributed by atoms with van der Waals surface area (Å²) in [7, 11) is 0. The molecule has 0 bridgehead atoms. The Morgan fingerprint density at radius 2 is 1.68 bits per heavy atom. The van der Waals surface area contributed by atoms with Gasteiger partial charge in [0.1, 0.15) is 11.5 Å². The molecule has 0 radical (unpaired) electrons. The van der Waals surface area contributed by atoms with Gasteiger partial charge in [0.15, 0.2) is 11.5 Å². The van der Waals surface area contributed by atoms with E-state index in [9.17, 15) is 13.2 Å². The third-order valence-electron chi connectivity index (χ3n) is 5.04. The molecule has 28 heavy (non-hydrogen) atoms. The van der Waals surface area contributed by atoms with Crippen molar-refractivity contribution in [1.29, 1.82) is 0 Å². The van der Waals surface area contributed by atoms with Gasteiger partial charge in [-0.2, -0.15) is 17.7 Å². The molecular formula is C17H17F3N8. The Balaban J connectivity index is 1.32. The SMILES string of the molecule is FC(F)(F)c1ccnc(N2CCN(c3ccc4nnc(C5CC5)n4n3)CC2)n1. The molecule has 0 atom stereocenters. The Morgan fingerprint density at radius 3 is 2.39 bits per heavy atom. The minimum Gasteiger partial charge on any atom is -0.352 e. The highest BCUT2D eigenvalue weighted by Gasteiger charge is 2.34. The molecule has 5 rings (SSSR count). The summed E-state index contributed by atoms with van der Waals surface area (Å²) in [5.74, 6) is 2.24. The Kier molecular flexibility index (Phi) is 3.84. The van der Waals surface area contributed by atoms with Gasteiger partial charge in [-0.15, -0.1) is 15.3 Å². The first-order valence-electron chi connectivity index (χ1n) is 9.11. The first-order chi connectivity index (χ1) is 13.5. The van der Waals surface area contributed by atoms with Crippen molar-refractivity contribution in [3.05, 3.63) is 35.9 Å². The first-order valence-corrected chi connectivity index (χ1v) is 9.11. The predicted octanol–water partition coefficient (Wildman–Crippen LogP) is 2.14. The normalized spacial score (nSPS) is 18.1. The molecular weight excluding hydrogens is 373 g/mol. The van der Waals surface area contributed by atoms with Gasteiger partial charge in [0.2, 0.25) is 5.95 Å². The van der Waals surface area contributed by atoms with E-state index in [2.05, 4.69) is 30.2 Å². The number of anilines is 2. The van der Waals surface area contributed by atoms with Gasteiger partial charge in [0.25, 0.3) is 0 Å². The number of nitrogens with zero attached hydrogens (tertiary/aromatic N) is 8. The highest BCUT2D eigenvalue weighted by atomic mass is 19.4. The van der Waals surface area contributed by atoms with Crippen LogP contribution < -0.4 is 9.80 Å². The molecule has 2 aliphatic rings. The number of halogens is 3. The Hall–Kier alpha value is -2.98. The number of hydrogen-bond acceptors (Lipinski definition) is 7. The van der Waals surface area contributed by atoms with Crippen LogP contribution in [0.5, 0.6) is 0 Å². The average molecular weight is 390 g/mol. The molecule has 0 amide bonds. The maximum Gasteiger partial charge on any atom is 0.433 e. The topological polar surface area (TPSA) is 75.3 Å². The lowest BCUT2D eigenvalue weighted by atomic mass is 10.3. The third-order valence-corrected chi connectivity index (χ3v) is 5.04. The van der Waals surface area contributed by atoms with Crippen LogP contribution in [-0.2, 0) is 6.18 Å². The van der Waals surface area contributed by atoms with Crippen molar-refractivity contribution in [3.8, 4) is 0 Å². The van der Waals surface area contributed by atoms with E-state index >= 15 is 0 Å². The van der Waals surface area contributed by atoms with Gasteiger partial charge in [0, 0.05) is 38.3 Å². The summed E-state index contributed by atoms with van der Waals surface area (Å²) in [5, 5.41) is 13.1. The Morgan fingerprint density at radius 1 is 0.929 bits per heavy atom. The zero-order valence-corrected chi connectivity index (χ0v) is 14.8. The van der Waals surface area contributed by atoms with Gasteiger partial charge in [0.05, 0.1) is 0 Å². The molecule has 4 heterocycles. The summed E-state index contributed by atoms with van der Waals surface area (Å²) in [4.78, 5) is 11.5. The highest BCUT2D eigenvalue weighted by molar-refractivity contribution is 5.47. The molecule has 0 spiro atoms. The van der Waals surface area contributed by atoms with Gasteiger partial charge in [-0.3, -0.25) is 0 Å². The van der Waals surface area contributed by atoms with Crippen molar-refractivity contribution < 1.29 is 13.2 Å². The number of aromatic nitrogens is 6. The zero-order chi connectivity index (χ0) is 19.3. The molecule has 11 heteroatoms. The van der Waals surface area contributed by atoms with E-state index in [1.54, 1.807) is 9.42 Å². The van der Waals surface area contributed by atoms with Crippen LogP contribution in [-0.4, -0.2) is 56.0 Å². The lowest BCUT2D eigenvalue weighted by molar-refractivity contribution is -0.141. The second-order valence-corrected chi connectivity index (χ2v) is 7.01. The van der Waals surface area contributed by atoms with Crippen molar-refractivity contribution >= 4 is 17.4 Å². The molecule has 8 nitrogen and oxygen atoms in total. The standard InChI is InChI=1S/C17H17F3N8/c18-17(19,20)12-5-6-21-16(22-12)27-9-7-26(8-10-27)14-4-3-13-23-24-15(11-1-2-11)28(13)25-14/h3-6,11H,1-2,7-10H2. The molecule has 3 aromatic heterocycles.